The van der Waals surface area contributed by atoms with Crippen LogP contribution >= 0.6 is 11.6 Å². The molecule has 2 N–H and O–H groups in total. The zero-order chi connectivity index (χ0) is 15.3. The van der Waals surface area contributed by atoms with Gasteiger partial charge >= 0.3 is 12.1 Å². The lowest BCUT2D eigenvalue weighted by Crippen LogP contribution is -2.27. The first-order chi connectivity index (χ1) is 9.23. The van der Waals surface area contributed by atoms with Gasteiger partial charge in [0.15, 0.2) is 6.07 Å². The molecule has 1 amide bonds. The lowest BCUT2D eigenvalue weighted by atomic mass is 10.2. The SMILES string of the molecule is CC(C)(C)OC(=O)Nc1ccc(C(=O)OCCl)c(O)c1. The van der Waals surface area contributed by atoms with Crippen LogP contribution in [0.5, 0.6) is 5.75 Å². The highest BCUT2D eigenvalue weighted by molar-refractivity contribution is 6.17. The number of hydrogen-bond donors (Lipinski definition) is 2. The molecule has 0 heterocycles. The second kappa shape index (κ2) is 6.47. The zero-order valence-electron chi connectivity index (χ0n) is 11.4. The summed E-state index contributed by atoms with van der Waals surface area (Å²) < 4.78 is 9.61. The number of rotatable bonds is 3. The van der Waals surface area contributed by atoms with Crippen LogP contribution in [0.25, 0.3) is 0 Å². The van der Waals surface area contributed by atoms with E-state index in [0.29, 0.717) is 5.69 Å². The number of hydrogen-bond acceptors (Lipinski definition) is 5. The number of alkyl halides is 1. The van der Waals surface area contributed by atoms with Crippen molar-refractivity contribution in [1.82, 2.24) is 0 Å². The number of phenolic OH excluding ortho intramolecular Hbond substituents is 1. The molecule has 6 nitrogen and oxygen atoms in total. The Balaban J connectivity index is 2.78. The number of carbonyl (C=O) groups excluding carboxylic acids is 2. The topological polar surface area (TPSA) is 84.9 Å². The Morgan fingerprint density at radius 2 is 2.00 bits per heavy atom. The van der Waals surface area contributed by atoms with Crippen LogP contribution in [0.1, 0.15) is 31.1 Å². The van der Waals surface area contributed by atoms with Gasteiger partial charge in [0, 0.05) is 11.8 Å². The number of benzene rings is 1. The van der Waals surface area contributed by atoms with E-state index in [1.54, 1.807) is 20.8 Å². The van der Waals surface area contributed by atoms with Gasteiger partial charge in [0.1, 0.15) is 16.9 Å². The maximum atomic E-state index is 11.5. The third-order valence-corrected chi connectivity index (χ3v) is 2.16. The van der Waals surface area contributed by atoms with Crippen molar-refractivity contribution in [2.45, 2.75) is 26.4 Å². The number of esters is 1. The van der Waals surface area contributed by atoms with Crippen LogP contribution in [-0.2, 0) is 9.47 Å². The molecule has 0 aliphatic carbocycles. The van der Waals surface area contributed by atoms with E-state index in [2.05, 4.69) is 10.1 Å². The summed E-state index contributed by atoms with van der Waals surface area (Å²) in [5, 5.41) is 12.1. The maximum absolute atomic E-state index is 11.5. The third kappa shape index (κ3) is 4.97. The molecule has 0 saturated heterocycles. The van der Waals surface area contributed by atoms with Crippen molar-refractivity contribution in [3.05, 3.63) is 23.8 Å². The largest absolute Gasteiger partial charge is 0.507 e. The Morgan fingerprint density at radius 3 is 2.50 bits per heavy atom. The van der Waals surface area contributed by atoms with Gasteiger partial charge in [-0.1, -0.05) is 11.6 Å². The van der Waals surface area contributed by atoms with Crippen molar-refractivity contribution < 1.29 is 24.2 Å². The summed E-state index contributed by atoms with van der Waals surface area (Å²) in [5.41, 5.74) is -0.379. The lowest BCUT2D eigenvalue weighted by molar-refractivity contribution is 0.0570. The van der Waals surface area contributed by atoms with Crippen LogP contribution in [0.3, 0.4) is 0 Å². The molecule has 0 aromatic heterocycles. The molecule has 110 valence electrons. The highest BCUT2D eigenvalue weighted by Crippen LogP contribution is 2.23. The monoisotopic (exact) mass is 301 g/mol. The normalized spacial score (nSPS) is 10.8. The molecule has 7 heteroatoms. The van der Waals surface area contributed by atoms with Gasteiger partial charge in [0.2, 0.25) is 0 Å². The van der Waals surface area contributed by atoms with E-state index in [1.807, 2.05) is 0 Å². The van der Waals surface area contributed by atoms with E-state index in [-0.39, 0.29) is 17.4 Å². The van der Waals surface area contributed by atoms with Gasteiger partial charge in [0.05, 0.1) is 0 Å². The number of amides is 1. The minimum atomic E-state index is -0.749. The van der Waals surface area contributed by atoms with Crippen molar-refractivity contribution in [2.75, 3.05) is 11.4 Å². The summed E-state index contributed by atoms with van der Waals surface area (Å²) >= 11 is 5.26. The number of halogens is 1. The van der Waals surface area contributed by atoms with Crippen molar-refractivity contribution in [3.63, 3.8) is 0 Å². The Kier molecular flexibility index (Phi) is 5.21. The van der Waals surface area contributed by atoms with E-state index in [0.717, 1.165) is 0 Å². The van der Waals surface area contributed by atoms with E-state index in [9.17, 15) is 14.7 Å². The van der Waals surface area contributed by atoms with Crippen molar-refractivity contribution >= 4 is 29.4 Å². The molecule has 1 aromatic rings. The predicted molar refractivity (Wildman–Crippen MR) is 74.1 cm³/mol. The molecule has 0 aliphatic rings. The first-order valence-electron chi connectivity index (χ1n) is 5.79. The van der Waals surface area contributed by atoms with Crippen LogP contribution in [0.4, 0.5) is 10.5 Å². The smallest absolute Gasteiger partial charge is 0.412 e. The van der Waals surface area contributed by atoms with Crippen molar-refractivity contribution in [1.29, 1.82) is 0 Å². The average Bonchev–Trinajstić information content (AvgIpc) is 2.26. The van der Waals surface area contributed by atoms with E-state index >= 15 is 0 Å². The Labute approximate surface area is 121 Å². The molecular weight excluding hydrogens is 286 g/mol. The minimum Gasteiger partial charge on any atom is -0.507 e. The number of ether oxygens (including phenoxy) is 2. The second-order valence-corrected chi connectivity index (χ2v) is 5.12. The van der Waals surface area contributed by atoms with E-state index in [1.165, 1.54) is 18.2 Å². The van der Waals surface area contributed by atoms with Gasteiger partial charge in [-0.2, -0.15) is 0 Å². The molecule has 0 atom stereocenters. The van der Waals surface area contributed by atoms with Crippen LogP contribution < -0.4 is 5.32 Å². The van der Waals surface area contributed by atoms with E-state index < -0.39 is 17.7 Å². The molecule has 1 aromatic carbocycles. The number of anilines is 1. The maximum Gasteiger partial charge on any atom is 0.412 e. The second-order valence-electron chi connectivity index (χ2n) is 4.90. The molecule has 0 saturated carbocycles. The highest BCUT2D eigenvalue weighted by Gasteiger charge is 2.17. The summed E-state index contributed by atoms with van der Waals surface area (Å²) in [6.45, 7) is 5.19. The average molecular weight is 302 g/mol. The van der Waals surface area contributed by atoms with Gasteiger partial charge < -0.3 is 14.6 Å². The third-order valence-electron chi connectivity index (χ3n) is 2.05. The minimum absolute atomic E-state index is 0.0413. The number of aromatic hydroxyl groups is 1. The molecule has 0 spiro atoms. The first-order valence-corrected chi connectivity index (χ1v) is 6.32. The fourth-order valence-electron chi connectivity index (χ4n) is 1.33. The van der Waals surface area contributed by atoms with Gasteiger partial charge in [-0.3, -0.25) is 5.32 Å². The summed E-state index contributed by atoms with van der Waals surface area (Å²) in [4.78, 5) is 22.9. The summed E-state index contributed by atoms with van der Waals surface area (Å²) in [7, 11) is 0. The van der Waals surface area contributed by atoms with Crippen LogP contribution in [0, 0.1) is 0 Å². The number of carbonyl (C=O) groups is 2. The first kappa shape index (κ1) is 16.1. The van der Waals surface area contributed by atoms with Gasteiger partial charge in [0.25, 0.3) is 0 Å². The molecule has 0 bridgehead atoms. The molecular formula is C13H16ClNO5. The van der Waals surface area contributed by atoms with E-state index in [4.69, 9.17) is 16.3 Å². The summed E-state index contributed by atoms with van der Waals surface area (Å²) in [6, 6.07) is 3.66. The fourth-order valence-corrected chi connectivity index (χ4v) is 1.43. The molecule has 0 unspecified atom stereocenters. The standard InChI is InChI=1S/C13H16ClNO5/c1-13(2,3)20-12(18)15-8-4-5-9(10(16)6-8)11(17)19-7-14/h4-6,16H,7H2,1-3H3,(H,15,18). The molecule has 20 heavy (non-hydrogen) atoms. The number of phenols is 1. The fraction of sp³-hybridized carbons (Fsp3) is 0.385. The molecule has 0 radical (unpaired) electrons. The Hall–Kier alpha value is -1.95. The zero-order valence-corrected chi connectivity index (χ0v) is 12.2. The van der Waals surface area contributed by atoms with Crippen LogP contribution in [0.15, 0.2) is 18.2 Å². The quantitative estimate of drug-likeness (QED) is 0.662. The summed E-state index contributed by atoms with van der Waals surface area (Å²) in [5.74, 6) is -1.07. The van der Waals surface area contributed by atoms with Crippen molar-refractivity contribution in [2.24, 2.45) is 0 Å². The van der Waals surface area contributed by atoms with Crippen LogP contribution in [0.2, 0.25) is 0 Å². The lowest BCUT2D eigenvalue weighted by Gasteiger charge is -2.19. The van der Waals surface area contributed by atoms with Crippen molar-refractivity contribution in [3.8, 4) is 5.75 Å². The molecule has 0 aliphatic heterocycles. The number of nitrogens with one attached hydrogen (secondary N) is 1. The predicted octanol–water partition coefficient (Wildman–Crippen LogP) is 3.09. The summed E-state index contributed by atoms with van der Waals surface area (Å²) in [6.07, 6.45) is -0.659. The Bertz CT molecular complexity index is 510. The van der Waals surface area contributed by atoms with Gasteiger partial charge in [-0.05, 0) is 32.9 Å². The Morgan fingerprint density at radius 1 is 1.35 bits per heavy atom. The highest BCUT2D eigenvalue weighted by atomic mass is 35.5. The van der Waals surface area contributed by atoms with Crippen LogP contribution in [-0.4, -0.2) is 28.8 Å². The molecule has 1 rings (SSSR count). The van der Waals surface area contributed by atoms with Gasteiger partial charge in [-0.15, -0.1) is 0 Å². The molecule has 0 fully saturated rings. The van der Waals surface area contributed by atoms with Gasteiger partial charge in [-0.25, -0.2) is 9.59 Å².